The quantitative estimate of drug-likeness (QED) is 0.843. The Labute approximate surface area is 151 Å². The van der Waals surface area contributed by atoms with Gasteiger partial charge in [0.25, 0.3) is 0 Å². The molecule has 0 spiro atoms. The summed E-state index contributed by atoms with van der Waals surface area (Å²) < 4.78 is 41.0. The number of benzene rings is 2. The average Bonchev–Trinajstić information content (AvgIpc) is 2.52. The minimum Gasteiger partial charge on any atom is -0.308 e. The monoisotopic (exact) mass is 390 g/mol. The maximum atomic E-state index is 13.8. The maximum Gasteiger partial charge on any atom is 0.245 e. The van der Waals surface area contributed by atoms with Crippen LogP contribution < -0.4 is 10.0 Å². The number of halogens is 3. The van der Waals surface area contributed by atoms with Crippen molar-refractivity contribution in [1.82, 2.24) is 10.0 Å². The first-order chi connectivity index (χ1) is 11.0. The number of fused-ring (bicyclic) bond motifs is 1. The number of hydrogen-bond donors (Lipinski definition) is 2. The van der Waals surface area contributed by atoms with Gasteiger partial charge in [-0.25, -0.2) is 17.5 Å². The zero-order chi connectivity index (χ0) is 16.4. The first-order valence-electron chi connectivity index (χ1n) is 7.24. The molecule has 24 heavy (non-hydrogen) atoms. The van der Waals surface area contributed by atoms with Gasteiger partial charge >= 0.3 is 0 Å². The van der Waals surface area contributed by atoms with Gasteiger partial charge in [0.1, 0.15) is 10.7 Å². The van der Waals surface area contributed by atoms with Crippen LogP contribution >= 0.6 is 24.0 Å². The Bertz CT molecular complexity index is 810. The van der Waals surface area contributed by atoms with E-state index in [2.05, 4.69) is 10.0 Å². The molecule has 4 nitrogen and oxygen atoms in total. The molecule has 1 unspecified atom stereocenters. The zero-order valence-corrected chi connectivity index (χ0v) is 15.0. The summed E-state index contributed by atoms with van der Waals surface area (Å²) >= 11 is 5.84. The second kappa shape index (κ2) is 7.80. The molecule has 1 aliphatic rings. The van der Waals surface area contributed by atoms with E-state index in [9.17, 15) is 12.8 Å². The van der Waals surface area contributed by atoms with Gasteiger partial charge in [0.05, 0.1) is 5.02 Å². The van der Waals surface area contributed by atoms with E-state index in [0.29, 0.717) is 0 Å². The Balaban J connectivity index is 0.00000208. The highest BCUT2D eigenvalue weighted by molar-refractivity contribution is 7.89. The first-order valence-corrected chi connectivity index (χ1v) is 9.10. The van der Waals surface area contributed by atoms with Crippen molar-refractivity contribution in [3.05, 3.63) is 64.4 Å². The van der Waals surface area contributed by atoms with Crippen molar-refractivity contribution in [3.63, 3.8) is 0 Å². The summed E-state index contributed by atoms with van der Waals surface area (Å²) in [5, 5.41) is 3.14. The third kappa shape index (κ3) is 3.90. The Morgan fingerprint density at radius 3 is 2.71 bits per heavy atom. The van der Waals surface area contributed by atoms with Crippen molar-refractivity contribution < 1.29 is 12.8 Å². The average molecular weight is 391 g/mol. The van der Waals surface area contributed by atoms with Gasteiger partial charge in [0, 0.05) is 12.6 Å². The number of nitrogens with one attached hydrogen (secondary N) is 2. The number of hydrogen-bond acceptors (Lipinski definition) is 3. The van der Waals surface area contributed by atoms with E-state index in [4.69, 9.17) is 11.6 Å². The SMILES string of the molecule is Cl.O=S(=O)(NCC1NCCc2ccccc21)c1c(F)cccc1Cl. The molecule has 130 valence electrons. The van der Waals surface area contributed by atoms with E-state index in [-0.39, 0.29) is 30.0 Å². The van der Waals surface area contributed by atoms with Crippen LogP contribution in [0.2, 0.25) is 5.02 Å². The van der Waals surface area contributed by atoms with E-state index in [1.54, 1.807) is 0 Å². The van der Waals surface area contributed by atoms with Crippen LogP contribution in [0.4, 0.5) is 4.39 Å². The van der Waals surface area contributed by atoms with Gasteiger partial charge in [0.15, 0.2) is 0 Å². The second-order valence-corrected chi connectivity index (χ2v) is 7.47. The summed E-state index contributed by atoms with van der Waals surface area (Å²) in [6.07, 6.45) is 0.901. The fraction of sp³-hybridized carbons (Fsp3) is 0.250. The molecule has 0 fully saturated rings. The predicted molar refractivity (Wildman–Crippen MR) is 94.7 cm³/mol. The Hall–Kier alpha value is -1.18. The molecule has 8 heteroatoms. The molecule has 2 N–H and O–H groups in total. The Kier molecular flexibility index (Phi) is 6.22. The van der Waals surface area contributed by atoms with Crippen LogP contribution in [0.1, 0.15) is 17.2 Å². The molecular formula is C16H17Cl2FN2O2S. The lowest BCUT2D eigenvalue weighted by Crippen LogP contribution is -2.39. The molecule has 0 amide bonds. The van der Waals surface area contributed by atoms with Crippen LogP contribution in [-0.2, 0) is 16.4 Å². The summed E-state index contributed by atoms with van der Waals surface area (Å²) in [4.78, 5) is -0.509. The van der Waals surface area contributed by atoms with Crippen molar-refractivity contribution in [2.75, 3.05) is 13.1 Å². The van der Waals surface area contributed by atoms with Crippen LogP contribution in [0.25, 0.3) is 0 Å². The zero-order valence-electron chi connectivity index (χ0n) is 12.6. The van der Waals surface area contributed by atoms with Gasteiger partial charge < -0.3 is 5.32 Å². The highest BCUT2D eigenvalue weighted by Crippen LogP contribution is 2.26. The summed E-state index contributed by atoms with van der Waals surface area (Å²) in [5.41, 5.74) is 2.25. The molecule has 3 rings (SSSR count). The smallest absolute Gasteiger partial charge is 0.245 e. The molecule has 0 radical (unpaired) electrons. The lowest BCUT2D eigenvalue weighted by molar-refractivity contribution is 0.489. The molecule has 2 aromatic carbocycles. The third-order valence-electron chi connectivity index (χ3n) is 3.88. The number of rotatable bonds is 4. The van der Waals surface area contributed by atoms with E-state index in [1.807, 2.05) is 24.3 Å². The van der Waals surface area contributed by atoms with Crippen LogP contribution in [0.15, 0.2) is 47.4 Å². The normalized spacial score (nSPS) is 17.0. The molecular weight excluding hydrogens is 374 g/mol. The van der Waals surface area contributed by atoms with Crippen molar-refractivity contribution >= 4 is 34.0 Å². The molecule has 1 aliphatic heterocycles. The predicted octanol–water partition coefficient (Wildman–Crippen LogP) is 3.07. The fourth-order valence-corrected chi connectivity index (χ4v) is 4.43. The lowest BCUT2D eigenvalue weighted by atomic mass is 9.95. The summed E-state index contributed by atoms with van der Waals surface area (Å²) in [7, 11) is -4.02. The topological polar surface area (TPSA) is 58.2 Å². The Morgan fingerprint density at radius 2 is 1.96 bits per heavy atom. The molecule has 1 heterocycles. The van der Waals surface area contributed by atoms with Gasteiger partial charge in [-0.2, -0.15) is 0 Å². The minimum atomic E-state index is -4.02. The molecule has 0 saturated heterocycles. The van der Waals surface area contributed by atoms with Crippen molar-refractivity contribution in [1.29, 1.82) is 0 Å². The highest BCUT2D eigenvalue weighted by Gasteiger charge is 2.25. The largest absolute Gasteiger partial charge is 0.308 e. The van der Waals surface area contributed by atoms with Crippen LogP contribution in [0, 0.1) is 5.82 Å². The van der Waals surface area contributed by atoms with Gasteiger partial charge in [-0.05, 0) is 36.2 Å². The van der Waals surface area contributed by atoms with Crippen LogP contribution in [0.5, 0.6) is 0 Å². The summed E-state index contributed by atoms with van der Waals surface area (Å²) in [6, 6.07) is 11.5. The van der Waals surface area contributed by atoms with Crippen molar-refractivity contribution in [3.8, 4) is 0 Å². The molecule has 0 aliphatic carbocycles. The second-order valence-electron chi connectivity index (χ2n) is 5.36. The van der Waals surface area contributed by atoms with E-state index in [0.717, 1.165) is 24.6 Å². The molecule has 0 aromatic heterocycles. The first kappa shape index (κ1) is 19.1. The van der Waals surface area contributed by atoms with E-state index < -0.39 is 20.7 Å². The fourth-order valence-electron chi connectivity index (χ4n) is 2.78. The lowest BCUT2D eigenvalue weighted by Gasteiger charge is -2.27. The number of sulfonamides is 1. The van der Waals surface area contributed by atoms with Crippen molar-refractivity contribution in [2.24, 2.45) is 0 Å². The summed E-state index contributed by atoms with van der Waals surface area (Å²) in [5.74, 6) is -0.859. The molecule has 2 aromatic rings. The third-order valence-corrected chi connectivity index (χ3v) is 5.81. The minimum absolute atomic E-state index is 0. The molecule has 0 bridgehead atoms. The maximum absolute atomic E-state index is 13.8. The summed E-state index contributed by atoms with van der Waals surface area (Å²) in [6.45, 7) is 0.897. The molecule has 0 saturated carbocycles. The van der Waals surface area contributed by atoms with Gasteiger partial charge in [-0.1, -0.05) is 41.9 Å². The van der Waals surface area contributed by atoms with Crippen molar-refractivity contribution in [2.45, 2.75) is 17.4 Å². The Morgan fingerprint density at radius 1 is 1.21 bits per heavy atom. The van der Waals surface area contributed by atoms with E-state index >= 15 is 0 Å². The highest BCUT2D eigenvalue weighted by atomic mass is 35.5. The standard InChI is InChI=1S/C16H16ClFN2O2S.ClH/c17-13-6-3-7-14(18)16(13)23(21,22)20-10-15-12-5-2-1-4-11(12)8-9-19-15;/h1-7,15,19-20H,8-10H2;1H. The van der Waals surface area contributed by atoms with Crippen LogP contribution in [-0.4, -0.2) is 21.5 Å². The van der Waals surface area contributed by atoms with Crippen LogP contribution in [0.3, 0.4) is 0 Å². The molecule has 1 atom stereocenters. The van der Waals surface area contributed by atoms with Gasteiger partial charge in [0.2, 0.25) is 10.0 Å². The van der Waals surface area contributed by atoms with Gasteiger partial charge in [-0.15, -0.1) is 12.4 Å². The van der Waals surface area contributed by atoms with E-state index in [1.165, 1.54) is 17.7 Å². The van der Waals surface area contributed by atoms with Gasteiger partial charge in [-0.3, -0.25) is 0 Å².